The van der Waals surface area contributed by atoms with E-state index in [-0.39, 0.29) is 18.1 Å². The van der Waals surface area contributed by atoms with Gasteiger partial charge in [-0.25, -0.2) is 0 Å². The molecule has 0 saturated heterocycles. The van der Waals surface area contributed by atoms with Gasteiger partial charge in [-0.1, -0.05) is 11.6 Å². The number of halogens is 1. The van der Waals surface area contributed by atoms with Crippen LogP contribution in [0.4, 0.5) is 5.69 Å². The first-order valence-electron chi connectivity index (χ1n) is 6.87. The highest BCUT2D eigenvalue weighted by Gasteiger charge is 2.19. The molecule has 6 heteroatoms. The molecule has 0 saturated carbocycles. The van der Waals surface area contributed by atoms with Crippen molar-refractivity contribution in [3.05, 3.63) is 23.2 Å². The molecule has 0 radical (unpaired) electrons. The van der Waals surface area contributed by atoms with Crippen LogP contribution in [0.3, 0.4) is 0 Å². The van der Waals surface area contributed by atoms with Crippen LogP contribution in [0.15, 0.2) is 18.2 Å². The van der Waals surface area contributed by atoms with Crippen LogP contribution < -0.4 is 10.1 Å². The molecule has 0 aromatic heterocycles. The molecule has 0 aliphatic heterocycles. The second-order valence-corrected chi connectivity index (χ2v) is 5.56. The quantitative estimate of drug-likeness (QED) is 0.811. The first-order chi connectivity index (χ1) is 9.85. The minimum absolute atomic E-state index is 0.149. The number of likely N-dealkylation sites (N-methyl/N-ethyl adjacent to an activating group) is 1. The lowest BCUT2D eigenvalue weighted by atomic mass is 10.2. The van der Waals surface area contributed by atoms with E-state index in [9.17, 15) is 9.90 Å². The zero-order valence-electron chi connectivity index (χ0n) is 12.9. The summed E-state index contributed by atoms with van der Waals surface area (Å²) in [5, 5.41) is 12.6. The summed E-state index contributed by atoms with van der Waals surface area (Å²) < 4.78 is 5.20. The highest BCUT2D eigenvalue weighted by atomic mass is 35.5. The molecule has 0 aliphatic carbocycles. The Labute approximate surface area is 130 Å². The predicted molar refractivity (Wildman–Crippen MR) is 85.0 cm³/mol. The molecule has 1 aromatic carbocycles. The number of nitrogens with zero attached hydrogens (tertiary/aromatic N) is 1. The molecule has 2 N–H and O–H groups in total. The SMILES string of the molecule is COc1ccc(Cl)cc1NC(=O)C(C)N(C)CCC(C)O. The Morgan fingerprint density at radius 3 is 2.71 bits per heavy atom. The van der Waals surface area contributed by atoms with Gasteiger partial charge in [0.1, 0.15) is 5.75 Å². The lowest BCUT2D eigenvalue weighted by molar-refractivity contribution is -0.120. The number of benzene rings is 1. The van der Waals surface area contributed by atoms with E-state index < -0.39 is 0 Å². The third-order valence-corrected chi connectivity index (χ3v) is 3.59. The van der Waals surface area contributed by atoms with E-state index in [4.69, 9.17) is 16.3 Å². The van der Waals surface area contributed by atoms with Crippen LogP contribution in [0, 0.1) is 0 Å². The monoisotopic (exact) mass is 314 g/mol. The molecule has 5 nitrogen and oxygen atoms in total. The van der Waals surface area contributed by atoms with E-state index >= 15 is 0 Å². The Morgan fingerprint density at radius 1 is 1.48 bits per heavy atom. The van der Waals surface area contributed by atoms with Crippen LogP contribution >= 0.6 is 11.6 Å². The number of ether oxygens (including phenoxy) is 1. The minimum Gasteiger partial charge on any atom is -0.495 e. The molecule has 1 aromatic rings. The second kappa shape index (κ2) is 8.22. The van der Waals surface area contributed by atoms with E-state index in [1.165, 1.54) is 7.11 Å². The number of hydrogen-bond donors (Lipinski definition) is 2. The lowest BCUT2D eigenvalue weighted by Gasteiger charge is -2.24. The molecule has 118 valence electrons. The molecule has 1 amide bonds. The molecule has 1 rings (SSSR count). The van der Waals surface area contributed by atoms with Crippen molar-refractivity contribution in [1.82, 2.24) is 4.90 Å². The lowest BCUT2D eigenvalue weighted by Crippen LogP contribution is -2.40. The molecule has 0 spiro atoms. The van der Waals surface area contributed by atoms with Crippen LogP contribution in [0.5, 0.6) is 5.75 Å². The fourth-order valence-electron chi connectivity index (χ4n) is 1.80. The Morgan fingerprint density at radius 2 is 2.14 bits per heavy atom. The first-order valence-corrected chi connectivity index (χ1v) is 7.25. The zero-order chi connectivity index (χ0) is 16.0. The van der Waals surface area contributed by atoms with Crippen molar-refractivity contribution in [1.29, 1.82) is 0 Å². The Bertz CT molecular complexity index is 480. The van der Waals surface area contributed by atoms with E-state index in [1.807, 2.05) is 18.9 Å². The number of hydrogen-bond acceptors (Lipinski definition) is 4. The number of carbonyl (C=O) groups is 1. The van der Waals surface area contributed by atoms with E-state index in [0.717, 1.165) is 0 Å². The van der Waals surface area contributed by atoms with Gasteiger partial charge in [-0.05, 0) is 45.5 Å². The summed E-state index contributed by atoms with van der Waals surface area (Å²) in [5.41, 5.74) is 0.547. The molecule has 2 unspecified atom stereocenters. The predicted octanol–water partition coefficient (Wildman–Crippen LogP) is 2.38. The van der Waals surface area contributed by atoms with Crippen molar-refractivity contribution in [3.63, 3.8) is 0 Å². The molecule has 2 atom stereocenters. The molecule has 21 heavy (non-hydrogen) atoms. The number of methoxy groups -OCH3 is 1. The van der Waals surface area contributed by atoms with Gasteiger partial charge in [-0.3, -0.25) is 9.69 Å². The summed E-state index contributed by atoms with van der Waals surface area (Å²) in [4.78, 5) is 14.2. The second-order valence-electron chi connectivity index (χ2n) is 5.13. The van der Waals surface area contributed by atoms with Crippen molar-refractivity contribution in [2.75, 3.05) is 26.0 Å². The number of aliphatic hydroxyl groups is 1. The summed E-state index contributed by atoms with van der Waals surface area (Å²) in [7, 11) is 3.39. The van der Waals surface area contributed by atoms with Crippen LogP contribution in [-0.2, 0) is 4.79 Å². The topological polar surface area (TPSA) is 61.8 Å². The van der Waals surface area contributed by atoms with Crippen molar-refractivity contribution >= 4 is 23.2 Å². The van der Waals surface area contributed by atoms with Crippen molar-refractivity contribution in [2.24, 2.45) is 0 Å². The smallest absolute Gasteiger partial charge is 0.241 e. The maximum atomic E-state index is 12.3. The van der Waals surface area contributed by atoms with Crippen LogP contribution in [0.25, 0.3) is 0 Å². The first kappa shape index (κ1) is 17.8. The maximum Gasteiger partial charge on any atom is 0.241 e. The number of nitrogens with one attached hydrogen (secondary N) is 1. The minimum atomic E-state index is -0.379. The average Bonchev–Trinajstić information content (AvgIpc) is 2.44. The Kier molecular flexibility index (Phi) is 6.95. The summed E-state index contributed by atoms with van der Waals surface area (Å²) in [6.45, 7) is 4.18. The normalized spacial score (nSPS) is 13.9. The van der Waals surface area contributed by atoms with Gasteiger partial charge in [-0.15, -0.1) is 0 Å². The summed E-state index contributed by atoms with van der Waals surface area (Å²) >= 11 is 5.94. The molecule has 0 fully saturated rings. The molecule has 0 aliphatic rings. The van der Waals surface area contributed by atoms with Gasteiger partial charge >= 0.3 is 0 Å². The number of aliphatic hydroxyl groups excluding tert-OH is 1. The standard InChI is InChI=1S/C15H23ClN2O3/c1-10(19)7-8-18(3)11(2)15(20)17-13-9-12(16)5-6-14(13)21-4/h5-6,9-11,19H,7-8H2,1-4H3,(H,17,20). The van der Waals surface area contributed by atoms with Crippen LogP contribution in [0.1, 0.15) is 20.3 Å². The van der Waals surface area contributed by atoms with E-state index in [1.54, 1.807) is 25.1 Å². The van der Waals surface area contributed by atoms with Gasteiger partial charge in [0.15, 0.2) is 0 Å². The van der Waals surface area contributed by atoms with Crippen molar-refractivity contribution in [3.8, 4) is 5.75 Å². The Balaban J connectivity index is 2.69. The number of carbonyl (C=O) groups excluding carboxylic acids is 1. The van der Waals surface area contributed by atoms with Gasteiger partial charge in [-0.2, -0.15) is 0 Å². The summed E-state index contributed by atoms with van der Waals surface area (Å²) in [5.74, 6) is 0.412. The summed E-state index contributed by atoms with van der Waals surface area (Å²) in [6, 6.07) is 4.74. The van der Waals surface area contributed by atoms with Gasteiger partial charge in [0, 0.05) is 11.6 Å². The van der Waals surface area contributed by atoms with Crippen LogP contribution in [-0.4, -0.2) is 48.8 Å². The maximum absolute atomic E-state index is 12.3. The van der Waals surface area contributed by atoms with Crippen LogP contribution in [0.2, 0.25) is 5.02 Å². The van der Waals surface area contributed by atoms with Gasteiger partial charge in [0.2, 0.25) is 5.91 Å². The molecule has 0 heterocycles. The van der Waals surface area contributed by atoms with E-state index in [2.05, 4.69) is 5.32 Å². The molecule has 0 bridgehead atoms. The van der Waals surface area contributed by atoms with Crippen molar-refractivity contribution < 1.29 is 14.6 Å². The third kappa shape index (κ3) is 5.53. The average molecular weight is 315 g/mol. The number of rotatable bonds is 7. The van der Waals surface area contributed by atoms with Gasteiger partial charge in [0.25, 0.3) is 0 Å². The largest absolute Gasteiger partial charge is 0.495 e. The fraction of sp³-hybridized carbons (Fsp3) is 0.533. The number of amides is 1. The molecular weight excluding hydrogens is 292 g/mol. The zero-order valence-corrected chi connectivity index (χ0v) is 13.6. The highest BCUT2D eigenvalue weighted by Crippen LogP contribution is 2.27. The third-order valence-electron chi connectivity index (χ3n) is 3.36. The van der Waals surface area contributed by atoms with Gasteiger partial charge in [0.05, 0.1) is 24.9 Å². The number of anilines is 1. The highest BCUT2D eigenvalue weighted by molar-refractivity contribution is 6.31. The fourth-order valence-corrected chi connectivity index (χ4v) is 1.97. The van der Waals surface area contributed by atoms with Crippen molar-refractivity contribution in [2.45, 2.75) is 32.4 Å². The van der Waals surface area contributed by atoms with E-state index in [0.29, 0.717) is 29.4 Å². The Hall–Kier alpha value is -1.30. The molecular formula is C15H23ClN2O3. The van der Waals surface area contributed by atoms with Gasteiger partial charge < -0.3 is 15.2 Å². The summed E-state index contributed by atoms with van der Waals surface area (Å²) in [6.07, 6.45) is 0.241.